The number of hydrogen-bond donors (Lipinski definition) is 0. The molecule has 0 nitrogen and oxygen atoms in total. The molecule has 6 aromatic rings. The van der Waals surface area contributed by atoms with Gasteiger partial charge in [-0.25, -0.2) is 0 Å². The van der Waals surface area contributed by atoms with E-state index in [4.69, 9.17) is 0 Å². The number of hydrogen-bond acceptors (Lipinski definition) is 0. The molecule has 0 aromatic heterocycles. The van der Waals surface area contributed by atoms with Crippen LogP contribution in [0, 0.1) is 0 Å². The van der Waals surface area contributed by atoms with E-state index in [1.54, 1.807) is 45.0 Å². The maximum atomic E-state index is 2.70. The summed E-state index contributed by atoms with van der Waals surface area (Å²) < 4.78 is 5.61. The Kier molecular flexibility index (Phi) is 31.4. The van der Waals surface area contributed by atoms with Gasteiger partial charge in [0.15, 0.2) is 0 Å². The van der Waals surface area contributed by atoms with Crippen molar-refractivity contribution in [2.45, 2.75) is 270 Å². The van der Waals surface area contributed by atoms with Crippen LogP contribution in [0.3, 0.4) is 0 Å². The Balaban J connectivity index is 1.49. The summed E-state index contributed by atoms with van der Waals surface area (Å²) in [5.74, 6) is 0. The van der Waals surface area contributed by atoms with Crippen LogP contribution >= 0.6 is 0 Å². The summed E-state index contributed by atoms with van der Waals surface area (Å²) in [6.45, 7) is 12.3. The molecular weight excluding hydrogens is 985 g/mol. The van der Waals surface area contributed by atoms with E-state index in [0.717, 1.165) is 38.5 Å². The van der Waals surface area contributed by atoms with Crippen LogP contribution in [0.2, 0.25) is 4.22 Å². The molecule has 0 N–H and O–H groups in total. The molecular formula is C78H112Ti. The zero-order valence-electron chi connectivity index (χ0n) is 51.4. The van der Waals surface area contributed by atoms with Gasteiger partial charge in [0.25, 0.3) is 0 Å². The molecule has 0 radical (unpaired) electrons. The van der Waals surface area contributed by atoms with Crippen LogP contribution in [0.4, 0.5) is 0 Å². The Hall–Kier alpha value is -3.97. The molecule has 0 atom stereocenters. The molecule has 0 amide bonds. The first-order chi connectivity index (χ1) is 39.0. The van der Waals surface area contributed by atoms with Crippen molar-refractivity contribution in [3.63, 3.8) is 0 Å². The molecule has 0 saturated carbocycles. The summed E-state index contributed by atoms with van der Waals surface area (Å²) >= 11 is -3.81. The predicted molar refractivity (Wildman–Crippen MR) is 348 cm³/mol. The minimum atomic E-state index is -3.81. The number of rotatable bonds is 43. The number of unbranched alkanes of at least 4 members (excludes halogenated alkanes) is 27. The van der Waals surface area contributed by atoms with Crippen molar-refractivity contribution in [2.24, 2.45) is 0 Å². The van der Waals surface area contributed by atoms with E-state index in [1.165, 1.54) is 209 Å². The van der Waals surface area contributed by atoms with Crippen LogP contribution in [-0.4, -0.2) is 0 Å². The van der Waals surface area contributed by atoms with Gasteiger partial charge in [-0.1, -0.05) is 59.3 Å². The molecule has 6 aromatic carbocycles. The van der Waals surface area contributed by atoms with Crippen molar-refractivity contribution in [1.82, 2.24) is 0 Å². The summed E-state index contributed by atoms with van der Waals surface area (Å²) in [5, 5.41) is 0. The van der Waals surface area contributed by atoms with E-state index < -0.39 is 16.6 Å². The second-order valence-corrected chi connectivity index (χ2v) is 31.4. The van der Waals surface area contributed by atoms with Crippen molar-refractivity contribution in [3.05, 3.63) is 196 Å². The van der Waals surface area contributed by atoms with E-state index in [9.17, 15) is 0 Å². The van der Waals surface area contributed by atoms with Gasteiger partial charge < -0.3 is 0 Å². The van der Waals surface area contributed by atoms with Crippen molar-refractivity contribution >= 4 is 11.6 Å². The van der Waals surface area contributed by atoms with Gasteiger partial charge in [0.1, 0.15) is 0 Å². The maximum absolute atomic E-state index is 3.81. The van der Waals surface area contributed by atoms with Gasteiger partial charge in [-0.3, -0.25) is 0 Å². The fourth-order valence-electron chi connectivity index (χ4n) is 13.5. The molecule has 0 fully saturated rings. The fourth-order valence-corrected chi connectivity index (χ4v) is 22.9. The Morgan fingerprint density at radius 3 is 0.709 bits per heavy atom. The molecule has 0 spiro atoms. The first-order valence-electron chi connectivity index (χ1n) is 33.5. The first-order valence-corrected chi connectivity index (χ1v) is 36.7. The molecule has 0 saturated heterocycles. The van der Waals surface area contributed by atoms with Crippen LogP contribution in [0.15, 0.2) is 146 Å². The average molecular weight is 1100 g/mol. The van der Waals surface area contributed by atoms with Gasteiger partial charge in [-0.2, -0.15) is 0 Å². The van der Waals surface area contributed by atoms with E-state index >= 15 is 0 Å². The Morgan fingerprint density at radius 2 is 0.481 bits per heavy atom. The predicted octanol–water partition coefficient (Wildman–Crippen LogP) is 22.1. The van der Waals surface area contributed by atoms with Crippen LogP contribution in [-0.2, 0) is 55.1 Å². The van der Waals surface area contributed by atoms with Gasteiger partial charge in [0.2, 0.25) is 0 Å². The summed E-state index contributed by atoms with van der Waals surface area (Å²) in [4.78, 5) is 0. The number of benzene rings is 6. The fraction of sp³-hybridized carbons (Fsp3) is 0.538. The zero-order chi connectivity index (χ0) is 55.4. The summed E-state index contributed by atoms with van der Waals surface area (Å²) in [7, 11) is 0. The molecule has 0 bridgehead atoms. The van der Waals surface area contributed by atoms with Crippen molar-refractivity contribution in [3.8, 4) is 0 Å². The van der Waals surface area contributed by atoms with Gasteiger partial charge in [0, 0.05) is 0 Å². The molecule has 0 aliphatic rings. The monoisotopic (exact) mass is 1100 g/mol. The average Bonchev–Trinajstić information content (AvgIpc) is 3.61. The molecule has 1 heteroatoms. The third-order valence-corrected chi connectivity index (χ3v) is 26.9. The minimum absolute atomic E-state index is 0.450. The van der Waals surface area contributed by atoms with Crippen LogP contribution in [0.5, 0.6) is 0 Å². The molecule has 0 aliphatic heterocycles. The second-order valence-electron chi connectivity index (χ2n) is 24.6. The first kappa shape index (κ1) is 64.2. The van der Waals surface area contributed by atoms with E-state index in [-0.39, 0.29) is 0 Å². The van der Waals surface area contributed by atoms with Crippen LogP contribution in [0.25, 0.3) is 0 Å². The summed E-state index contributed by atoms with van der Waals surface area (Å²) in [5.41, 5.74) is 14.1. The number of aryl methyl sites for hydroxylation is 3. The molecule has 0 aliphatic carbocycles. The molecule has 0 heterocycles. The van der Waals surface area contributed by atoms with Crippen molar-refractivity contribution in [2.75, 3.05) is 0 Å². The van der Waals surface area contributed by atoms with E-state index in [2.05, 4.69) is 180 Å². The van der Waals surface area contributed by atoms with Crippen LogP contribution < -0.4 is 11.6 Å². The van der Waals surface area contributed by atoms with Gasteiger partial charge in [0.05, 0.1) is 0 Å². The quantitative estimate of drug-likeness (QED) is 0.0264. The molecule has 79 heavy (non-hydrogen) atoms. The van der Waals surface area contributed by atoms with Gasteiger partial charge >= 0.3 is 435 Å². The van der Waals surface area contributed by atoms with Gasteiger partial charge in [-0.05, 0) is 0 Å². The van der Waals surface area contributed by atoms with Gasteiger partial charge in [-0.15, -0.1) is 0 Å². The van der Waals surface area contributed by atoms with Crippen molar-refractivity contribution in [1.29, 1.82) is 0 Å². The third-order valence-electron chi connectivity index (χ3n) is 18.0. The Labute approximate surface area is 490 Å². The molecule has 0 unspecified atom stereocenters. The molecule has 428 valence electrons. The molecule has 6 rings (SSSR count). The van der Waals surface area contributed by atoms with Crippen molar-refractivity contribution < 1.29 is 16.6 Å². The standard InChI is InChI=1S/3C25H35.C3H7.Ti/c3*1-2-3-4-5-6-7-8-9-10-14-19-24-20-15-16-21-25(24)22-23-17-12-11-13-18-23;1-3-2;/h3*11-13,15-18,20H,2-10,14,19,22H2,1H3;3H,1-2H3;. The normalized spacial score (nSPS) is 11.8. The van der Waals surface area contributed by atoms with E-state index in [1.807, 2.05) is 0 Å². The second kappa shape index (κ2) is 38.7. The van der Waals surface area contributed by atoms with E-state index in [0.29, 0.717) is 4.22 Å². The summed E-state index contributed by atoms with van der Waals surface area (Å²) in [6.07, 6.45) is 47.5. The third kappa shape index (κ3) is 21.4. The Morgan fingerprint density at radius 1 is 0.253 bits per heavy atom. The SMILES string of the molecule is CCCCCCCCCCCCc1ccc[c]([Ti]([c]2cccc(CCCCCCCCCCCC)c2Cc2ccccc2)([c]2cccc(CCCCCCCCCCCC)c2Cc2ccccc2)[CH](C)C)c1Cc1ccccc1. The summed E-state index contributed by atoms with van der Waals surface area (Å²) in [6, 6.07) is 58.1. The zero-order valence-corrected chi connectivity index (χ0v) is 53.0. The topological polar surface area (TPSA) is 0 Å². The van der Waals surface area contributed by atoms with Crippen LogP contribution in [0.1, 0.15) is 277 Å². The Bertz CT molecular complexity index is 2210.